The zero-order chi connectivity index (χ0) is 30.0. The molecule has 0 atom stereocenters. The van der Waals surface area contributed by atoms with Crippen LogP contribution in [0.25, 0.3) is 22.3 Å². The van der Waals surface area contributed by atoms with Crippen LogP contribution in [0.1, 0.15) is 46.1 Å². The fraction of sp³-hybridized carbons (Fsp3) is 0.206. The summed E-state index contributed by atoms with van der Waals surface area (Å²) in [7, 11) is 0. The Morgan fingerprint density at radius 2 is 1.23 bits per heavy atom. The Kier molecular flexibility index (Phi) is 6.38. The van der Waals surface area contributed by atoms with E-state index in [1.54, 1.807) is 6.07 Å². The Morgan fingerprint density at radius 1 is 0.692 bits per heavy atom. The van der Waals surface area contributed by atoms with Crippen LogP contribution in [0.4, 0.5) is 11.4 Å². The Hall–Kier alpha value is -4.51. The third kappa shape index (κ3) is 5.83. The molecule has 2 aliphatic rings. The molecule has 0 radical (unpaired) electrons. The van der Waals surface area contributed by atoms with Crippen LogP contribution in [0.3, 0.4) is 0 Å². The van der Waals surface area contributed by atoms with Gasteiger partial charge in [0.05, 0.1) is 5.69 Å². The van der Waals surface area contributed by atoms with Crippen molar-refractivity contribution in [2.45, 2.75) is 46.4 Å². The van der Waals surface area contributed by atoms with Gasteiger partial charge in [-0.25, -0.2) is 0 Å². The van der Waals surface area contributed by atoms with Gasteiger partial charge in [-0.1, -0.05) is 71.8 Å². The summed E-state index contributed by atoms with van der Waals surface area (Å²) in [6.45, 7) is 1.27. The number of nitrogens with zero attached hydrogens (tertiary/aromatic N) is 1. The van der Waals surface area contributed by atoms with Crippen molar-refractivity contribution < 1.29 is 18.5 Å². The number of anilines is 2. The predicted octanol–water partition coefficient (Wildman–Crippen LogP) is 7.03. The minimum absolute atomic E-state index is 0.116. The molecule has 0 saturated heterocycles. The molecular formula is C34H32N2O3. The molecule has 3 amide bonds. The van der Waals surface area contributed by atoms with Crippen molar-refractivity contribution >= 4 is 29.1 Å². The molecule has 6 rings (SSSR count). The van der Waals surface area contributed by atoms with Gasteiger partial charge in [0.2, 0.25) is 17.7 Å². The van der Waals surface area contributed by atoms with E-state index in [1.807, 2.05) is 49.4 Å². The van der Waals surface area contributed by atoms with E-state index in [2.05, 4.69) is 48.6 Å². The van der Waals surface area contributed by atoms with Gasteiger partial charge in [0.25, 0.3) is 0 Å². The number of fused-ring (bicyclic) bond motifs is 2. The van der Waals surface area contributed by atoms with Crippen LogP contribution in [0.2, 0.25) is 0 Å². The maximum absolute atomic E-state index is 12.1. The van der Waals surface area contributed by atoms with Crippen molar-refractivity contribution in [1.29, 1.82) is 0 Å². The van der Waals surface area contributed by atoms with Crippen molar-refractivity contribution in [1.82, 2.24) is 0 Å². The Bertz CT molecular complexity index is 1660. The van der Waals surface area contributed by atoms with Crippen LogP contribution < -0.4 is 10.2 Å². The second-order valence-corrected chi connectivity index (χ2v) is 10.0. The molecule has 2 aliphatic heterocycles. The summed E-state index contributed by atoms with van der Waals surface area (Å²) in [5, 5.41) is 2.91. The molecule has 5 heteroatoms. The molecule has 0 aliphatic carbocycles. The standard InChI is InChI=1S/C18H17NO2.C16H15NO/c1-12-3-5-14(6-4-12)15-7-9-17-16(11-15)8-10-18(21)19(17)13(2)20;1-11-2-4-12(5-3-11)13-6-8-15-14(10-13)7-9-16(18)17-15/h3-7,9,11H,8,10H2,1-2H3;2-6,8,10H,7,9H2,1H3,(H,17,18)/i2D3;. The van der Waals surface area contributed by atoms with Gasteiger partial charge in [-0.3, -0.25) is 19.3 Å². The van der Waals surface area contributed by atoms with Crippen LogP contribution in [-0.2, 0) is 27.2 Å². The largest absolute Gasteiger partial charge is 0.326 e. The van der Waals surface area contributed by atoms with Gasteiger partial charge in [0, 0.05) is 29.5 Å². The Labute approximate surface area is 233 Å². The number of aryl methyl sites for hydroxylation is 4. The topological polar surface area (TPSA) is 66.5 Å². The van der Waals surface area contributed by atoms with E-state index in [-0.39, 0.29) is 12.3 Å². The average Bonchev–Trinajstić information content (AvgIpc) is 2.97. The third-order valence-electron chi connectivity index (χ3n) is 7.15. The summed E-state index contributed by atoms with van der Waals surface area (Å²) in [5.41, 5.74) is 10.3. The highest BCUT2D eigenvalue weighted by Crippen LogP contribution is 2.32. The lowest BCUT2D eigenvalue weighted by Gasteiger charge is -2.27. The maximum atomic E-state index is 12.1. The monoisotopic (exact) mass is 519 g/mol. The summed E-state index contributed by atoms with van der Waals surface area (Å²) >= 11 is 0. The second kappa shape index (κ2) is 11.1. The number of imide groups is 1. The van der Waals surface area contributed by atoms with E-state index >= 15 is 0 Å². The average molecular weight is 520 g/mol. The smallest absolute Gasteiger partial charge is 0.234 e. The van der Waals surface area contributed by atoms with Gasteiger partial charge in [-0.2, -0.15) is 0 Å². The highest BCUT2D eigenvalue weighted by Gasteiger charge is 2.27. The number of hydrogen-bond donors (Lipinski definition) is 1. The van der Waals surface area contributed by atoms with Gasteiger partial charge in [0.15, 0.2) is 0 Å². The van der Waals surface area contributed by atoms with Crippen molar-refractivity contribution in [2.75, 3.05) is 10.2 Å². The molecule has 0 unspecified atom stereocenters. The van der Waals surface area contributed by atoms with E-state index in [0.29, 0.717) is 18.5 Å². The summed E-state index contributed by atoms with van der Waals surface area (Å²) in [4.78, 5) is 36.3. The van der Waals surface area contributed by atoms with Gasteiger partial charge >= 0.3 is 0 Å². The maximum Gasteiger partial charge on any atom is 0.234 e. The number of nitrogens with one attached hydrogen (secondary N) is 1. The van der Waals surface area contributed by atoms with E-state index in [0.717, 1.165) is 39.3 Å². The van der Waals surface area contributed by atoms with E-state index in [1.165, 1.54) is 22.3 Å². The second-order valence-electron chi connectivity index (χ2n) is 10.0. The molecule has 0 saturated carbocycles. The molecule has 39 heavy (non-hydrogen) atoms. The zero-order valence-corrected chi connectivity index (χ0v) is 22.1. The molecular weight excluding hydrogens is 484 g/mol. The van der Waals surface area contributed by atoms with Gasteiger partial charge in [-0.15, -0.1) is 0 Å². The van der Waals surface area contributed by atoms with Crippen molar-refractivity contribution in [3.63, 3.8) is 0 Å². The molecule has 196 valence electrons. The highest BCUT2D eigenvalue weighted by molar-refractivity contribution is 6.15. The lowest BCUT2D eigenvalue weighted by atomic mass is 9.95. The first kappa shape index (κ1) is 22.5. The molecule has 0 aromatic heterocycles. The van der Waals surface area contributed by atoms with E-state index in [4.69, 9.17) is 4.11 Å². The quantitative estimate of drug-likeness (QED) is 0.309. The Balaban J connectivity index is 0.000000175. The molecule has 4 aromatic rings. The van der Waals surface area contributed by atoms with Crippen LogP contribution >= 0.6 is 0 Å². The summed E-state index contributed by atoms with van der Waals surface area (Å²) in [6, 6.07) is 28.2. The fourth-order valence-electron chi connectivity index (χ4n) is 4.95. The summed E-state index contributed by atoms with van der Waals surface area (Å²) < 4.78 is 21.9. The molecule has 1 N–H and O–H groups in total. The van der Waals surface area contributed by atoms with Crippen LogP contribution in [0, 0.1) is 13.8 Å². The number of carbonyl (C=O) groups excluding carboxylic acids is 3. The highest BCUT2D eigenvalue weighted by atomic mass is 16.2. The fourth-order valence-corrected chi connectivity index (χ4v) is 4.95. The molecule has 0 bridgehead atoms. The van der Waals surface area contributed by atoms with E-state index < -0.39 is 18.7 Å². The first-order chi connectivity index (χ1) is 20.0. The van der Waals surface area contributed by atoms with Gasteiger partial charge in [0.1, 0.15) is 0 Å². The van der Waals surface area contributed by atoms with Crippen molar-refractivity contribution in [3.05, 3.63) is 107 Å². The number of hydrogen-bond acceptors (Lipinski definition) is 3. The first-order valence-corrected chi connectivity index (χ1v) is 13.1. The van der Waals surface area contributed by atoms with Crippen molar-refractivity contribution in [2.24, 2.45) is 0 Å². The third-order valence-corrected chi connectivity index (χ3v) is 7.15. The number of rotatable bonds is 2. The molecule has 2 heterocycles. The van der Waals surface area contributed by atoms with Crippen LogP contribution in [0.5, 0.6) is 0 Å². The summed E-state index contributed by atoms with van der Waals surface area (Å²) in [6.07, 6.45) is 2.05. The van der Waals surface area contributed by atoms with E-state index in [9.17, 15) is 14.4 Å². The number of amides is 3. The van der Waals surface area contributed by atoms with Crippen molar-refractivity contribution in [3.8, 4) is 22.3 Å². The van der Waals surface area contributed by atoms with Gasteiger partial charge < -0.3 is 5.32 Å². The SMILES string of the molecule is Cc1ccc(-c2ccc3c(c2)CCC(=O)N3)cc1.[2H]C([2H])([2H])C(=O)N1C(=O)CCc2cc(-c3ccc(C)cc3)ccc21. The van der Waals surface area contributed by atoms with Gasteiger partial charge in [-0.05, 0) is 84.3 Å². The number of benzene rings is 4. The normalized spacial score (nSPS) is 15.4. The lowest BCUT2D eigenvalue weighted by molar-refractivity contribution is -0.125. The Morgan fingerprint density at radius 3 is 1.85 bits per heavy atom. The van der Waals surface area contributed by atoms with Crippen LogP contribution in [-0.4, -0.2) is 17.7 Å². The minimum atomic E-state index is -2.83. The van der Waals surface area contributed by atoms with Crippen LogP contribution in [0.15, 0.2) is 84.9 Å². The summed E-state index contributed by atoms with van der Waals surface area (Å²) in [5.74, 6) is -1.49. The number of carbonyl (C=O) groups is 3. The minimum Gasteiger partial charge on any atom is -0.326 e. The molecule has 5 nitrogen and oxygen atoms in total. The molecule has 4 aromatic carbocycles. The molecule has 0 fully saturated rings. The predicted molar refractivity (Wildman–Crippen MR) is 157 cm³/mol. The molecule has 0 spiro atoms. The zero-order valence-electron chi connectivity index (χ0n) is 25.1. The lowest BCUT2D eigenvalue weighted by Crippen LogP contribution is -2.38. The first-order valence-electron chi connectivity index (χ1n) is 14.6.